The first-order valence-electron chi connectivity index (χ1n) is 4.98. The van der Waals surface area contributed by atoms with Crippen molar-refractivity contribution in [2.75, 3.05) is 19.8 Å². The van der Waals surface area contributed by atoms with Gasteiger partial charge in [0, 0.05) is 11.3 Å². The number of hydrogen-bond acceptors (Lipinski definition) is 3. The van der Waals surface area contributed by atoms with E-state index < -0.39 is 5.60 Å². The molecule has 13 heavy (non-hydrogen) atoms. The van der Waals surface area contributed by atoms with Gasteiger partial charge in [0.05, 0.1) is 18.8 Å². The largest absolute Gasteiger partial charge is 0.386 e. The summed E-state index contributed by atoms with van der Waals surface area (Å²) in [6, 6.07) is 0. The first-order valence-corrected chi connectivity index (χ1v) is 4.98. The summed E-state index contributed by atoms with van der Waals surface area (Å²) in [6.45, 7) is 7.72. The first kappa shape index (κ1) is 11.0. The Labute approximate surface area is 80.3 Å². The maximum Gasteiger partial charge on any atom is 0.0992 e. The van der Waals surface area contributed by atoms with E-state index in [1.165, 1.54) is 0 Å². The molecule has 0 radical (unpaired) electrons. The second kappa shape index (κ2) is 3.56. The van der Waals surface area contributed by atoms with Gasteiger partial charge in [0.2, 0.25) is 0 Å². The molecule has 0 aromatic carbocycles. The van der Waals surface area contributed by atoms with Crippen LogP contribution in [0.3, 0.4) is 0 Å². The number of rotatable bonds is 3. The SMILES string of the molecule is CCC(CN)C1(O)COCC1(C)C. The van der Waals surface area contributed by atoms with E-state index in [0.29, 0.717) is 19.8 Å². The minimum Gasteiger partial charge on any atom is -0.386 e. The van der Waals surface area contributed by atoms with E-state index in [9.17, 15) is 5.11 Å². The van der Waals surface area contributed by atoms with Gasteiger partial charge in [-0.25, -0.2) is 0 Å². The van der Waals surface area contributed by atoms with Gasteiger partial charge in [0.25, 0.3) is 0 Å². The lowest BCUT2D eigenvalue weighted by atomic mass is 9.69. The Bertz CT molecular complexity index is 178. The minimum atomic E-state index is -0.740. The van der Waals surface area contributed by atoms with Crippen molar-refractivity contribution in [2.24, 2.45) is 17.1 Å². The van der Waals surface area contributed by atoms with E-state index in [-0.39, 0.29) is 11.3 Å². The molecule has 0 spiro atoms. The highest BCUT2D eigenvalue weighted by molar-refractivity contribution is 5.01. The van der Waals surface area contributed by atoms with Gasteiger partial charge < -0.3 is 15.6 Å². The number of hydrogen-bond donors (Lipinski definition) is 2. The van der Waals surface area contributed by atoms with Gasteiger partial charge in [0.15, 0.2) is 0 Å². The van der Waals surface area contributed by atoms with E-state index in [1.807, 2.05) is 13.8 Å². The summed E-state index contributed by atoms with van der Waals surface area (Å²) in [7, 11) is 0. The monoisotopic (exact) mass is 187 g/mol. The minimum absolute atomic E-state index is 0.144. The molecule has 0 aromatic heterocycles. The smallest absolute Gasteiger partial charge is 0.0992 e. The summed E-state index contributed by atoms with van der Waals surface area (Å²) in [5.41, 5.74) is 4.74. The molecule has 3 heteroatoms. The summed E-state index contributed by atoms with van der Waals surface area (Å²) in [4.78, 5) is 0. The van der Waals surface area contributed by atoms with Crippen LogP contribution in [-0.4, -0.2) is 30.5 Å². The van der Waals surface area contributed by atoms with Gasteiger partial charge in [0.1, 0.15) is 0 Å². The molecule has 0 aliphatic carbocycles. The lowest BCUT2D eigenvalue weighted by molar-refractivity contribution is -0.0803. The molecule has 1 aliphatic rings. The average molecular weight is 187 g/mol. The highest BCUT2D eigenvalue weighted by atomic mass is 16.5. The van der Waals surface area contributed by atoms with Crippen molar-refractivity contribution < 1.29 is 9.84 Å². The van der Waals surface area contributed by atoms with Gasteiger partial charge >= 0.3 is 0 Å². The van der Waals surface area contributed by atoms with Crippen LogP contribution in [0.15, 0.2) is 0 Å². The zero-order valence-electron chi connectivity index (χ0n) is 8.84. The average Bonchev–Trinajstić information content (AvgIpc) is 2.30. The molecule has 1 aliphatic heterocycles. The molecule has 0 amide bonds. The van der Waals surface area contributed by atoms with Crippen LogP contribution in [0.5, 0.6) is 0 Å². The molecule has 3 nitrogen and oxygen atoms in total. The second-order valence-corrected chi connectivity index (χ2v) is 4.64. The maximum atomic E-state index is 10.5. The molecular weight excluding hydrogens is 166 g/mol. The van der Waals surface area contributed by atoms with E-state index in [2.05, 4.69) is 6.92 Å². The first-order chi connectivity index (χ1) is 5.98. The van der Waals surface area contributed by atoms with Gasteiger partial charge in [-0.2, -0.15) is 0 Å². The fourth-order valence-electron chi connectivity index (χ4n) is 2.15. The predicted molar refractivity (Wildman–Crippen MR) is 52.4 cm³/mol. The molecule has 3 N–H and O–H groups in total. The number of nitrogens with two attached hydrogens (primary N) is 1. The Morgan fingerprint density at radius 3 is 2.38 bits per heavy atom. The Kier molecular flexibility index (Phi) is 3.00. The fraction of sp³-hybridized carbons (Fsp3) is 1.00. The molecule has 1 saturated heterocycles. The van der Waals surface area contributed by atoms with Crippen LogP contribution >= 0.6 is 0 Å². The van der Waals surface area contributed by atoms with Crippen LogP contribution in [0, 0.1) is 11.3 Å². The van der Waals surface area contributed by atoms with E-state index in [1.54, 1.807) is 0 Å². The standard InChI is InChI=1S/C10H21NO2/c1-4-8(5-11)10(12)7-13-6-9(10,2)3/h8,12H,4-7,11H2,1-3H3. The van der Waals surface area contributed by atoms with E-state index in [4.69, 9.17) is 10.5 Å². The highest BCUT2D eigenvalue weighted by Crippen LogP contribution is 2.42. The van der Waals surface area contributed by atoms with Gasteiger partial charge in [-0.15, -0.1) is 0 Å². The molecule has 1 heterocycles. The Morgan fingerprint density at radius 1 is 1.46 bits per heavy atom. The lowest BCUT2D eigenvalue weighted by Crippen LogP contribution is -2.52. The molecule has 1 rings (SSSR count). The van der Waals surface area contributed by atoms with Crippen molar-refractivity contribution in [3.63, 3.8) is 0 Å². The summed E-state index contributed by atoms with van der Waals surface area (Å²) in [5.74, 6) is 0.144. The predicted octanol–water partition coefficient (Wildman–Crippen LogP) is 0.759. The lowest BCUT2D eigenvalue weighted by Gasteiger charge is -2.40. The second-order valence-electron chi connectivity index (χ2n) is 4.64. The van der Waals surface area contributed by atoms with Crippen molar-refractivity contribution in [3.05, 3.63) is 0 Å². The quantitative estimate of drug-likeness (QED) is 0.686. The summed E-state index contributed by atoms with van der Waals surface area (Å²) in [5, 5.41) is 10.5. The molecule has 78 valence electrons. The third kappa shape index (κ3) is 1.60. The third-order valence-electron chi connectivity index (χ3n) is 3.41. The van der Waals surface area contributed by atoms with Crippen LogP contribution < -0.4 is 5.73 Å². The van der Waals surface area contributed by atoms with Crippen molar-refractivity contribution in [3.8, 4) is 0 Å². The Balaban J connectivity index is 2.84. The topological polar surface area (TPSA) is 55.5 Å². The maximum absolute atomic E-state index is 10.5. The van der Waals surface area contributed by atoms with Crippen LogP contribution in [0.1, 0.15) is 27.2 Å². The summed E-state index contributed by atoms with van der Waals surface area (Å²) >= 11 is 0. The normalized spacial score (nSPS) is 34.8. The van der Waals surface area contributed by atoms with Crippen LogP contribution in [0.2, 0.25) is 0 Å². The van der Waals surface area contributed by atoms with Gasteiger partial charge in [-0.3, -0.25) is 0 Å². The summed E-state index contributed by atoms with van der Waals surface area (Å²) < 4.78 is 5.35. The van der Waals surface area contributed by atoms with Crippen LogP contribution in [0.4, 0.5) is 0 Å². The summed E-state index contributed by atoms with van der Waals surface area (Å²) in [6.07, 6.45) is 0.903. The molecule has 2 atom stereocenters. The van der Waals surface area contributed by atoms with Crippen molar-refractivity contribution in [1.29, 1.82) is 0 Å². The Hall–Kier alpha value is -0.120. The number of aliphatic hydroxyl groups is 1. The van der Waals surface area contributed by atoms with Crippen molar-refractivity contribution in [1.82, 2.24) is 0 Å². The zero-order chi connectivity index (χ0) is 10.1. The third-order valence-corrected chi connectivity index (χ3v) is 3.41. The zero-order valence-corrected chi connectivity index (χ0v) is 8.84. The van der Waals surface area contributed by atoms with Crippen molar-refractivity contribution >= 4 is 0 Å². The van der Waals surface area contributed by atoms with Gasteiger partial charge in [-0.05, 0) is 13.0 Å². The molecule has 0 saturated carbocycles. The highest BCUT2D eigenvalue weighted by Gasteiger charge is 2.52. The molecule has 0 bridgehead atoms. The molecule has 0 aromatic rings. The fourth-order valence-corrected chi connectivity index (χ4v) is 2.15. The van der Waals surface area contributed by atoms with Crippen LogP contribution in [0.25, 0.3) is 0 Å². The number of ether oxygens (including phenoxy) is 1. The van der Waals surface area contributed by atoms with E-state index >= 15 is 0 Å². The van der Waals surface area contributed by atoms with Crippen molar-refractivity contribution in [2.45, 2.75) is 32.8 Å². The van der Waals surface area contributed by atoms with Gasteiger partial charge in [-0.1, -0.05) is 20.8 Å². The Morgan fingerprint density at radius 2 is 2.08 bits per heavy atom. The van der Waals surface area contributed by atoms with Crippen LogP contribution in [-0.2, 0) is 4.74 Å². The van der Waals surface area contributed by atoms with E-state index in [0.717, 1.165) is 6.42 Å². The molecule has 2 unspecified atom stereocenters. The molecule has 1 fully saturated rings. The molecular formula is C10H21NO2.